The molecule has 1 saturated heterocycles. The summed E-state index contributed by atoms with van der Waals surface area (Å²) in [7, 11) is 0. The number of nitrogens with zero attached hydrogens (tertiary/aromatic N) is 1. The Morgan fingerprint density at radius 3 is 2.76 bits per heavy atom. The molecule has 1 aliphatic rings. The normalized spacial score (nSPS) is 20.7. The van der Waals surface area contributed by atoms with Crippen molar-refractivity contribution in [3.63, 3.8) is 0 Å². The van der Waals surface area contributed by atoms with E-state index in [9.17, 15) is 13.6 Å². The van der Waals surface area contributed by atoms with E-state index in [1.165, 1.54) is 6.07 Å². The standard InChI is InChI=1S/C12H13F2NO2/c13-10-2-1-8(5-11(10)14)6-15-4-3-9(7-15)12(16)17/h1-2,5,9H,3-4,6-7H2,(H,16,17)/t9-/m0/s1. The van der Waals surface area contributed by atoms with Crippen LogP contribution in [0.2, 0.25) is 0 Å². The summed E-state index contributed by atoms with van der Waals surface area (Å²) in [5, 5.41) is 8.84. The van der Waals surface area contributed by atoms with Gasteiger partial charge < -0.3 is 5.11 Å². The summed E-state index contributed by atoms with van der Waals surface area (Å²) < 4.78 is 25.7. The van der Waals surface area contributed by atoms with Gasteiger partial charge in [-0.1, -0.05) is 6.07 Å². The van der Waals surface area contributed by atoms with Crippen LogP contribution in [-0.2, 0) is 11.3 Å². The highest BCUT2D eigenvalue weighted by atomic mass is 19.2. The molecule has 1 aromatic carbocycles. The largest absolute Gasteiger partial charge is 0.481 e. The van der Waals surface area contributed by atoms with Gasteiger partial charge in [0.05, 0.1) is 5.92 Å². The Hall–Kier alpha value is -1.49. The van der Waals surface area contributed by atoms with E-state index in [4.69, 9.17) is 5.11 Å². The Morgan fingerprint density at radius 1 is 1.41 bits per heavy atom. The highest BCUT2D eigenvalue weighted by Gasteiger charge is 2.27. The highest BCUT2D eigenvalue weighted by molar-refractivity contribution is 5.70. The van der Waals surface area contributed by atoms with Crippen molar-refractivity contribution in [2.75, 3.05) is 13.1 Å². The van der Waals surface area contributed by atoms with Crippen molar-refractivity contribution < 1.29 is 18.7 Å². The number of carboxylic acids is 1. The summed E-state index contributed by atoms with van der Waals surface area (Å²) in [5.74, 6) is -2.87. The Kier molecular flexibility index (Phi) is 3.38. The number of carbonyl (C=O) groups is 1. The number of rotatable bonds is 3. The minimum absolute atomic E-state index is 0.347. The number of halogens is 2. The third-order valence-electron chi connectivity index (χ3n) is 3.01. The molecule has 1 N–H and O–H groups in total. The Bertz CT molecular complexity index is 437. The molecule has 5 heteroatoms. The fourth-order valence-electron chi connectivity index (χ4n) is 2.07. The summed E-state index contributed by atoms with van der Waals surface area (Å²) in [5.41, 5.74) is 0.662. The van der Waals surface area contributed by atoms with E-state index in [-0.39, 0.29) is 5.92 Å². The third-order valence-corrected chi connectivity index (χ3v) is 3.01. The number of benzene rings is 1. The zero-order valence-corrected chi connectivity index (χ0v) is 9.20. The summed E-state index contributed by atoms with van der Waals surface area (Å²) in [6.45, 7) is 1.60. The fraction of sp³-hybridized carbons (Fsp3) is 0.417. The maximum Gasteiger partial charge on any atom is 0.307 e. The molecule has 0 radical (unpaired) electrons. The average Bonchev–Trinajstić information content (AvgIpc) is 2.72. The van der Waals surface area contributed by atoms with Gasteiger partial charge in [0.25, 0.3) is 0 Å². The van der Waals surface area contributed by atoms with Gasteiger partial charge in [-0.2, -0.15) is 0 Å². The van der Waals surface area contributed by atoms with E-state index in [1.54, 1.807) is 0 Å². The monoisotopic (exact) mass is 241 g/mol. The van der Waals surface area contributed by atoms with Crippen molar-refractivity contribution in [1.82, 2.24) is 4.90 Å². The minimum atomic E-state index is -0.864. The molecule has 1 aromatic rings. The van der Waals surface area contributed by atoms with Gasteiger partial charge in [0, 0.05) is 13.1 Å². The van der Waals surface area contributed by atoms with Gasteiger partial charge in [0.1, 0.15) is 0 Å². The lowest BCUT2D eigenvalue weighted by atomic mass is 10.1. The topological polar surface area (TPSA) is 40.5 Å². The smallest absolute Gasteiger partial charge is 0.307 e. The van der Waals surface area contributed by atoms with Crippen LogP contribution in [0.15, 0.2) is 18.2 Å². The molecule has 92 valence electrons. The third kappa shape index (κ3) is 2.79. The number of carboxylic acid groups (broad SMARTS) is 1. The van der Waals surface area contributed by atoms with Gasteiger partial charge in [-0.15, -0.1) is 0 Å². The molecule has 3 nitrogen and oxygen atoms in total. The van der Waals surface area contributed by atoms with Crippen molar-refractivity contribution in [3.8, 4) is 0 Å². The second-order valence-electron chi connectivity index (χ2n) is 4.31. The van der Waals surface area contributed by atoms with Gasteiger partial charge in [-0.05, 0) is 30.7 Å². The molecule has 0 aliphatic carbocycles. The first kappa shape index (κ1) is 12.0. The SMILES string of the molecule is O=C(O)[C@H]1CCN(Cc2ccc(F)c(F)c2)C1. The number of likely N-dealkylation sites (tertiary alicyclic amines) is 1. The van der Waals surface area contributed by atoms with Crippen LogP contribution in [0.3, 0.4) is 0 Å². The number of hydrogen-bond acceptors (Lipinski definition) is 2. The Morgan fingerprint density at radius 2 is 2.18 bits per heavy atom. The number of hydrogen-bond donors (Lipinski definition) is 1. The van der Waals surface area contributed by atoms with E-state index in [1.807, 2.05) is 4.90 Å². The average molecular weight is 241 g/mol. The number of aliphatic carboxylic acids is 1. The van der Waals surface area contributed by atoms with Crippen LogP contribution >= 0.6 is 0 Å². The summed E-state index contributed by atoms with van der Waals surface area (Å²) >= 11 is 0. The molecular formula is C12H13F2NO2. The molecule has 0 unspecified atom stereocenters. The molecule has 1 atom stereocenters. The first-order valence-electron chi connectivity index (χ1n) is 5.45. The van der Waals surface area contributed by atoms with E-state index in [2.05, 4.69) is 0 Å². The predicted octanol–water partition coefficient (Wildman–Crippen LogP) is 1.87. The second kappa shape index (κ2) is 4.79. The molecule has 0 saturated carbocycles. The molecule has 0 bridgehead atoms. The molecule has 2 rings (SSSR count). The van der Waals surface area contributed by atoms with E-state index in [0.29, 0.717) is 31.6 Å². The van der Waals surface area contributed by atoms with Crippen LogP contribution < -0.4 is 0 Å². The van der Waals surface area contributed by atoms with Gasteiger partial charge in [0.15, 0.2) is 11.6 Å². The van der Waals surface area contributed by atoms with Gasteiger partial charge in [-0.3, -0.25) is 9.69 Å². The van der Waals surface area contributed by atoms with Crippen LogP contribution in [-0.4, -0.2) is 29.1 Å². The highest BCUT2D eigenvalue weighted by Crippen LogP contribution is 2.19. The van der Waals surface area contributed by atoms with Crippen molar-refractivity contribution in [2.24, 2.45) is 5.92 Å². The van der Waals surface area contributed by atoms with Crippen LogP contribution in [0.4, 0.5) is 8.78 Å². The predicted molar refractivity (Wildman–Crippen MR) is 57.4 cm³/mol. The lowest BCUT2D eigenvalue weighted by molar-refractivity contribution is -0.141. The van der Waals surface area contributed by atoms with E-state index >= 15 is 0 Å². The Labute approximate surface area is 97.7 Å². The molecule has 1 fully saturated rings. The van der Waals surface area contributed by atoms with Crippen LogP contribution in [0.25, 0.3) is 0 Å². The van der Waals surface area contributed by atoms with Crippen molar-refractivity contribution in [2.45, 2.75) is 13.0 Å². The maximum absolute atomic E-state index is 13.0. The molecule has 1 aliphatic heterocycles. The lowest BCUT2D eigenvalue weighted by Crippen LogP contribution is -2.22. The van der Waals surface area contributed by atoms with Crippen molar-refractivity contribution in [3.05, 3.63) is 35.4 Å². The molecular weight excluding hydrogens is 228 g/mol. The quantitative estimate of drug-likeness (QED) is 0.878. The van der Waals surface area contributed by atoms with Crippen LogP contribution in [0, 0.1) is 17.6 Å². The fourth-order valence-corrected chi connectivity index (χ4v) is 2.07. The molecule has 0 spiro atoms. The van der Waals surface area contributed by atoms with Crippen molar-refractivity contribution >= 4 is 5.97 Å². The summed E-state index contributed by atoms with van der Waals surface area (Å²) in [6.07, 6.45) is 0.610. The summed E-state index contributed by atoms with van der Waals surface area (Å²) in [4.78, 5) is 12.7. The minimum Gasteiger partial charge on any atom is -0.481 e. The first-order chi connectivity index (χ1) is 8.06. The molecule has 0 amide bonds. The lowest BCUT2D eigenvalue weighted by Gasteiger charge is -2.15. The van der Waals surface area contributed by atoms with Gasteiger partial charge >= 0.3 is 5.97 Å². The maximum atomic E-state index is 13.0. The summed E-state index contributed by atoms with van der Waals surface area (Å²) in [6, 6.07) is 3.77. The first-order valence-corrected chi connectivity index (χ1v) is 5.45. The molecule has 0 aromatic heterocycles. The van der Waals surface area contributed by atoms with Crippen LogP contribution in [0.1, 0.15) is 12.0 Å². The van der Waals surface area contributed by atoms with Crippen LogP contribution in [0.5, 0.6) is 0 Å². The van der Waals surface area contributed by atoms with Gasteiger partial charge in [-0.25, -0.2) is 8.78 Å². The molecule has 1 heterocycles. The van der Waals surface area contributed by atoms with Crippen molar-refractivity contribution in [1.29, 1.82) is 0 Å². The van der Waals surface area contributed by atoms with E-state index in [0.717, 1.165) is 12.1 Å². The van der Waals surface area contributed by atoms with E-state index < -0.39 is 17.6 Å². The zero-order valence-electron chi connectivity index (χ0n) is 9.20. The molecule has 17 heavy (non-hydrogen) atoms. The zero-order chi connectivity index (χ0) is 12.4. The van der Waals surface area contributed by atoms with Gasteiger partial charge in [0.2, 0.25) is 0 Å². The second-order valence-corrected chi connectivity index (χ2v) is 4.31. The Balaban J connectivity index is 1.98.